The van der Waals surface area contributed by atoms with E-state index in [2.05, 4.69) is 44.7 Å². The smallest absolute Gasteiger partial charge is 0.159 e. The number of fused-ring (bicyclic) bond motifs is 1. The fraction of sp³-hybridized carbons (Fsp3) is 0.292. The Kier molecular flexibility index (Phi) is 6.72. The maximum Gasteiger partial charge on any atom is 0.159 e. The minimum absolute atomic E-state index is 0.0422. The highest BCUT2D eigenvalue weighted by Gasteiger charge is 2.11. The number of halogens is 1. The number of anilines is 1. The maximum absolute atomic E-state index is 13.2. The third kappa shape index (κ3) is 5.09. The Morgan fingerprint density at radius 2 is 1.94 bits per heavy atom. The van der Waals surface area contributed by atoms with E-state index in [1.807, 2.05) is 24.6 Å². The number of nitrogens with zero attached hydrogens (tertiary/aromatic N) is 5. The summed E-state index contributed by atoms with van der Waals surface area (Å²) >= 11 is 0. The molecule has 0 amide bonds. The molecule has 0 aliphatic carbocycles. The summed E-state index contributed by atoms with van der Waals surface area (Å²) in [7, 11) is 4.07. The summed E-state index contributed by atoms with van der Waals surface area (Å²) in [5, 5.41) is 6.52. The molecule has 32 heavy (non-hydrogen) atoms. The first-order valence-electron chi connectivity index (χ1n) is 10.7. The van der Waals surface area contributed by atoms with Crippen molar-refractivity contribution >= 4 is 16.9 Å². The lowest BCUT2D eigenvalue weighted by molar-refractivity contribution is 0.328. The van der Waals surface area contributed by atoms with Crippen LogP contribution in [-0.2, 0) is 6.54 Å². The average molecular weight is 434 g/mol. The molecule has 0 radical (unpaired) electrons. The molecule has 166 valence electrons. The molecule has 0 spiro atoms. The monoisotopic (exact) mass is 433 g/mol. The van der Waals surface area contributed by atoms with E-state index >= 15 is 0 Å². The van der Waals surface area contributed by atoms with Crippen LogP contribution in [0.15, 0.2) is 61.2 Å². The van der Waals surface area contributed by atoms with Crippen LogP contribution in [0.5, 0.6) is 0 Å². The van der Waals surface area contributed by atoms with E-state index in [1.165, 1.54) is 17.7 Å². The number of likely N-dealkylation sites (N-methyl/N-ethyl adjacent to an activating group) is 2. The summed E-state index contributed by atoms with van der Waals surface area (Å²) in [6.45, 7) is 4.78. The zero-order valence-corrected chi connectivity index (χ0v) is 18.6. The third-order valence-electron chi connectivity index (χ3n) is 5.41. The van der Waals surface area contributed by atoms with Crippen molar-refractivity contribution in [3.8, 4) is 5.82 Å². The van der Waals surface area contributed by atoms with Gasteiger partial charge in [-0.05, 0) is 56.4 Å². The van der Waals surface area contributed by atoms with Crippen molar-refractivity contribution in [1.29, 1.82) is 0 Å². The van der Waals surface area contributed by atoms with Crippen molar-refractivity contribution in [2.75, 3.05) is 32.5 Å². The molecule has 0 saturated carbocycles. The Morgan fingerprint density at radius 3 is 2.72 bits per heavy atom. The molecule has 8 heteroatoms. The first kappa shape index (κ1) is 21.9. The van der Waals surface area contributed by atoms with Crippen molar-refractivity contribution in [3.05, 3.63) is 78.1 Å². The third-order valence-corrected chi connectivity index (χ3v) is 5.41. The molecule has 0 aliphatic heterocycles. The highest BCUT2D eigenvalue weighted by molar-refractivity contribution is 5.77. The second-order valence-electron chi connectivity index (χ2n) is 7.96. The standard InChI is InChI=1S/C24H28FN7/c1-17(19-5-7-20(25)8-6-19)29-23-13-27-14-24(30-23)32-16-28-21-9-4-18(12-22(21)32)15-31(3)11-10-26-2/h4-9,12-14,16-17,26H,10-11,15H2,1-3H3,(H,29,30). The summed E-state index contributed by atoms with van der Waals surface area (Å²) < 4.78 is 15.2. The lowest BCUT2D eigenvalue weighted by Crippen LogP contribution is -2.26. The fourth-order valence-corrected chi connectivity index (χ4v) is 3.63. The van der Waals surface area contributed by atoms with E-state index in [4.69, 9.17) is 4.98 Å². The minimum Gasteiger partial charge on any atom is -0.362 e. The predicted octanol–water partition coefficient (Wildman–Crippen LogP) is 3.78. The molecular weight excluding hydrogens is 405 g/mol. The fourth-order valence-electron chi connectivity index (χ4n) is 3.63. The molecule has 2 N–H and O–H groups in total. The summed E-state index contributed by atoms with van der Waals surface area (Å²) in [6.07, 6.45) is 5.18. The quantitative estimate of drug-likeness (QED) is 0.419. The van der Waals surface area contributed by atoms with Gasteiger partial charge in [0, 0.05) is 25.7 Å². The van der Waals surface area contributed by atoms with Crippen LogP contribution in [0.4, 0.5) is 10.2 Å². The predicted molar refractivity (Wildman–Crippen MR) is 125 cm³/mol. The van der Waals surface area contributed by atoms with Crippen LogP contribution in [0.3, 0.4) is 0 Å². The topological polar surface area (TPSA) is 70.9 Å². The van der Waals surface area contributed by atoms with Gasteiger partial charge in [-0.15, -0.1) is 0 Å². The van der Waals surface area contributed by atoms with Crippen LogP contribution < -0.4 is 10.6 Å². The Balaban J connectivity index is 1.56. The zero-order valence-electron chi connectivity index (χ0n) is 18.6. The number of hydrogen-bond acceptors (Lipinski definition) is 6. The van der Waals surface area contributed by atoms with Crippen LogP contribution in [0, 0.1) is 5.82 Å². The van der Waals surface area contributed by atoms with Gasteiger partial charge in [0.25, 0.3) is 0 Å². The first-order valence-corrected chi connectivity index (χ1v) is 10.7. The second-order valence-corrected chi connectivity index (χ2v) is 7.96. The van der Waals surface area contributed by atoms with Gasteiger partial charge in [0.2, 0.25) is 0 Å². The van der Waals surface area contributed by atoms with Crippen LogP contribution in [0.25, 0.3) is 16.9 Å². The summed E-state index contributed by atoms with van der Waals surface area (Å²) in [6, 6.07) is 12.7. The van der Waals surface area contributed by atoms with Gasteiger partial charge in [0.05, 0.1) is 23.4 Å². The average Bonchev–Trinajstić information content (AvgIpc) is 3.21. The molecule has 0 bridgehead atoms. The lowest BCUT2D eigenvalue weighted by Gasteiger charge is -2.17. The van der Waals surface area contributed by atoms with Crippen molar-refractivity contribution in [2.24, 2.45) is 0 Å². The summed E-state index contributed by atoms with van der Waals surface area (Å²) in [5.74, 6) is 1.08. The van der Waals surface area contributed by atoms with Crippen molar-refractivity contribution in [3.63, 3.8) is 0 Å². The molecular formula is C24H28FN7. The molecule has 4 aromatic rings. The van der Waals surface area contributed by atoms with Crippen molar-refractivity contribution in [2.45, 2.75) is 19.5 Å². The van der Waals surface area contributed by atoms with Gasteiger partial charge < -0.3 is 15.5 Å². The van der Waals surface area contributed by atoms with E-state index in [0.29, 0.717) is 11.6 Å². The highest BCUT2D eigenvalue weighted by Crippen LogP contribution is 2.22. The number of hydrogen-bond donors (Lipinski definition) is 2. The largest absolute Gasteiger partial charge is 0.362 e. The molecule has 2 aromatic carbocycles. The number of aromatic nitrogens is 4. The zero-order chi connectivity index (χ0) is 22.5. The molecule has 0 saturated heterocycles. The Labute approximate surface area is 187 Å². The van der Waals surface area contributed by atoms with Crippen LogP contribution in [0.2, 0.25) is 0 Å². The van der Waals surface area contributed by atoms with Gasteiger partial charge in [-0.2, -0.15) is 0 Å². The van der Waals surface area contributed by atoms with Gasteiger partial charge in [-0.3, -0.25) is 9.55 Å². The van der Waals surface area contributed by atoms with E-state index in [9.17, 15) is 4.39 Å². The first-order chi connectivity index (χ1) is 15.5. The second kappa shape index (κ2) is 9.84. The van der Waals surface area contributed by atoms with Gasteiger partial charge in [0.1, 0.15) is 18.0 Å². The Hall–Kier alpha value is -3.36. The normalized spacial score (nSPS) is 12.4. The van der Waals surface area contributed by atoms with Gasteiger partial charge >= 0.3 is 0 Å². The van der Waals surface area contributed by atoms with Crippen molar-refractivity contribution in [1.82, 2.24) is 29.7 Å². The molecule has 1 unspecified atom stereocenters. The number of benzene rings is 2. The Morgan fingerprint density at radius 1 is 1.12 bits per heavy atom. The molecule has 4 rings (SSSR count). The van der Waals surface area contributed by atoms with Gasteiger partial charge in [-0.1, -0.05) is 18.2 Å². The van der Waals surface area contributed by atoms with E-state index < -0.39 is 0 Å². The maximum atomic E-state index is 13.2. The molecule has 2 heterocycles. The van der Waals surface area contributed by atoms with E-state index in [1.54, 1.807) is 30.9 Å². The number of imidazole rings is 1. The summed E-state index contributed by atoms with van der Waals surface area (Å²) in [5.41, 5.74) is 4.08. The highest BCUT2D eigenvalue weighted by atomic mass is 19.1. The van der Waals surface area contributed by atoms with Gasteiger partial charge in [0.15, 0.2) is 5.82 Å². The van der Waals surface area contributed by atoms with Crippen molar-refractivity contribution < 1.29 is 4.39 Å². The van der Waals surface area contributed by atoms with E-state index in [0.717, 1.165) is 36.2 Å². The number of rotatable bonds is 9. The SMILES string of the molecule is CNCCN(C)Cc1ccc2ncn(-c3cncc(NC(C)c4ccc(F)cc4)n3)c2c1. The Bertz CT molecular complexity index is 1170. The molecule has 0 aliphatic rings. The molecule has 1 atom stereocenters. The van der Waals surface area contributed by atoms with Crippen LogP contribution in [0.1, 0.15) is 24.1 Å². The van der Waals surface area contributed by atoms with E-state index in [-0.39, 0.29) is 11.9 Å². The van der Waals surface area contributed by atoms with Gasteiger partial charge in [-0.25, -0.2) is 14.4 Å². The lowest BCUT2D eigenvalue weighted by atomic mass is 10.1. The summed E-state index contributed by atoms with van der Waals surface area (Å²) in [4.78, 5) is 15.9. The molecule has 2 aromatic heterocycles. The molecule has 7 nitrogen and oxygen atoms in total. The number of nitrogens with one attached hydrogen (secondary N) is 2. The minimum atomic E-state index is -0.248. The van der Waals surface area contributed by atoms with Crippen LogP contribution >= 0.6 is 0 Å². The van der Waals surface area contributed by atoms with Crippen LogP contribution in [-0.4, -0.2) is 51.6 Å². The molecule has 0 fully saturated rings.